The Morgan fingerprint density at radius 3 is 0.385 bits per heavy atom. The zero-order valence-electron chi connectivity index (χ0n) is 11.5. The van der Waals surface area contributed by atoms with Crippen LogP contribution in [-0.2, 0) is 0 Å². The average molecular weight is 210 g/mol. The molecule has 1 atom stereocenters. The van der Waals surface area contributed by atoms with Crippen molar-refractivity contribution in [2.75, 3.05) is 0 Å². The highest BCUT2D eigenvalue weighted by molar-refractivity contribution is 6.92. The molecule has 0 heterocycles. The van der Waals surface area contributed by atoms with Crippen molar-refractivity contribution in [3.8, 4) is 0 Å². The van der Waals surface area contributed by atoms with Gasteiger partial charge in [-0.15, -0.1) is 0 Å². The maximum atomic E-state index is 2.12. The van der Waals surface area contributed by atoms with Crippen molar-refractivity contribution in [2.45, 2.75) is 81.1 Å². The summed E-state index contributed by atoms with van der Waals surface area (Å²) in [5.41, 5.74) is 0. The van der Waals surface area contributed by atoms with E-state index >= 15 is 0 Å². The van der Waals surface area contributed by atoms with Gasteiger partial charge in [0.15, 0.2) is 0 Å². The molecule has 0 bridgehead atoms. The molecule has 0 nitrogen and oxygen atoms in total. The predicted octanol–water partition coefficient (Wildman–Crippen LogP) is 5.72. The fraction of sp³-hybridized carbons (Fsp3) is 1.00. The smallest absolute Gasteiger partial charge is 0.0590 e. The number of hydrogen-bond acceptors (Lipinski definition) is 0. The minimum Gasteiger partial charge on any atom is -0.153 e. The highest BCUT2D eigenvalue weighted by Gasteiger charge is 1.36. The lowest BCUT2D eigenvalue weighted by atomic mass is 10.6. The van der Waals surface area contributed by atoms with Crippen molar-refractivity contribution >= 4 is 9.90 Å². The molecule has 0 N–H and O–H groups in total. The van der Waals surface area contributed by atoms with Crippen molar-refractivity contribution in [1.29, 1.82) is 0 Å². The lowest BCUT2D eigenvalue weighted by Gasteiger charge is -1.48. The minimum atomic E-state index is 0. The lowest BCUT2D eigenvalue weighted by Crippen LogP contribution is -1.27. The average Bonchev–Trinajstić information content (AvgIpc) is 1.92. The Bertz CT molecular complexity index is 13.1. The van der Waals surface area contributed by atoms with Crippen LogP contribution in [0.2, 0.25) is 0 Å². The van der Waals surface area contributed by atoms with Gasteiger partial charge in [-0.25, -0.2) is 0 Å². The zero-order valence-corrected chi connectivity index (χ0v) is 12.9. The van der Waals surface area contributed by atoms with Crippen LogP contribution in [0.3, 0.4) is 0 Å². The van der Waals surface area contributed by atoms with Crippen LogP contribution >= 0.6 is 9.90 Å². The van der Waals surface area contributed by atoms with Crippen LogP contribution in [0.4, 0.5) is 0 Å². The Balaban J connectivity index is -0.0000000213. The molecule has 88 valence electrons. The molecule has 1 heteroatoms. The molecule has 13 heavy (non-hydrogen) atoms. The van der Waals surface area contributed by atoms with E-state index in [-0.39, 0.29) is 9.90 Å². The van der Waals surface area contributed by atoms with Crippen molar-refractivity contribution in [1.82, 2.24) is 0 Å². The van der Waals surface area contributed by atoms with E-state index in [1.807, 2.05) is 0 Å². The third-order valence-electron chi connectivity index (χ3n) is 0. The molecule has 0 aromatic carbocycles. The molecule has 1 unspecified atom stereocenters. The van der Waals surface area contributed by atoms with E-state index in [2.05, 4.69) is 55.4 Å². The molecule has 0 aromatic heterocycles. The second kappa shape index (κ2) is 82.7. The highest BCUT2D eigenvalue weighted by Crippen LogP contribution is 1.57. The fourth-order valence-corrected chi connectivity index (χ4v) is 0. The van der Waals surface area contributed by atoms with Crippen LogP contribution in [0.1, 0.15) is 81.1 Å². The van der Waals surface area contributed by atoms with Gasteiger partial charge in [-0.1, -0.05) is 81.1 Å². The van der Waals surface area contributed by atoms with Crippen molar-refractivity contribution < 1.29 is 0 Å². The van der Waals surface area contributed by atoms with Gasteiger partial charge in [-0.05, 0) is 0 Å². The van der Waals surface area contributed by atoms with Gasteiger partial charge in [0.25, 0.3) is 0 Å². The molecule has 0 saturated heterocycles. The van der Waals surface area contributed by atoms with Crippen LogP contribution in [0.25, 0.3) is 0 Å². The first-order valence-corrected chi connectivity index (χ1v) is 5.66. The largest absolute Gasteiger partial charge is 0.153 e. The van der Waals surface area contributed by atoms with E-state index in [1.54, 1.807) is 0 Å². The molecule has 0 spiro atoms. The second-order valence-electron chi connectivity index (χ2n) is 2.83. The van der Waals surface area contributed by atoms with Gasteiger partial charge < -0.3 is 0 Å². The van der Waals surface area contributed by atoms with Crippen LogP contribution in [0.5, 0.6) is 0 Å². The normalized spacial score (nSPS) is 5.54. The molecule has 0 aromatic rings. The minimum absolute atomic E-state index is 0. The van der Waals surface area contributed by atoms with Gasteiger partial charge in [-0.2, -0.15) is 9.90 Å². The third-order valence-corrected chi connectivity index (χ3v) is 0. The molecular formula is C12H35P. The molecule has 0 radical (unpaired) electrons. The Morgan fingerprint density at radius 1 is 0.385 bits per heavy atom. The van der Waals surface area contributed by atoms with Gasteiger partial charge in [0.2, 0.25) is 0 Å². The molecule has 0 amide bonds. The van der Waals surface area contributed by atoms with Gasteiger partial charge in [-0.3, -0.25) is 0 Å². The predicted molar refractivity (Wildman–Crippen MR) is 75.0 cm³/mol. The summed E-state index contributed by atoms with van der Waals surface area (Å²) in [6.07, 6.45) is 5.00. The highest BCUT2D eigenvalue weighted by atomic mass is 31.0. The van der Waals surface area contributed by atoms with Gasteiger partial charge in [0.1, 0.15) is 0 Å². The maximum Gasteiger partial charge on any atom is -0.0590 e. The summed E-state index contributed by atoms with van der Waals surface area (Å²) in [6, 6.07) is 0. The lowest BCUT2D eigenvalue weighted by molar-refractivity contribution is 1.09. The van der Waals surface area contributed by atoms with Gasteiger partial charge >= 0.3 is 0 Å². The summed E-state index contributed by atoms with van der Waals surface area (Å²) >= 11 is 0. The topological polar surface area (TPSA) is 0 Å². The first kappa shape index (κ1) is 29.2. The van der Waals surface area contributed by atoms with Crippen molar-refractivity contribution in [2.24, 2.45) is 0 Å². The van der Waals surface area contributed by atoms with E-state index in [4.69, 9.17) is 0 Å². The summed E-state index contributed by atoms with van der Waals surface area (Å²) in [5, 5.41) is 0. The quantitative estimate of drug-likeness (QED) is 0.448. The standard InChI is InChI=1S/4C3H8.H3P/c4*1-3-2;/h4*3H2,1-2H3;1H3. The van der Waals surface area contributed by atoms with E-state index in [0.29, 0.717) is 0 Å². The molecule has 0 fully saturated rings. The Hall–Kier alpha value is 0.430. The Morgan fingerprint density at radius 2 is 0.385 bits per heavy atom. The zero-order chi connectivity index (χ0) is 10.8. The summed E-state index contributed by atoms with van der Waals surface area (Å²) in [7, 11) is 0. The Labute approximate surface area is 91.5 Å². The third kappa shape index (κ3) is 7310. The molecule has 0 rings (SSSR count). The van der Waals surface area contributed by atoms with Crippen LogP contribution < -0.4 is 0 Å². The maximum absolute atomic E-state index is 2.12. The first-order chi connectivity index (χ1) is 5.66. The SMILES string of the molecule is CCC.CCC.CCC.CCC.P. The van der Waals surface area contributed by atoms with Crippen LogP contribution in [0.15, 0.2) is 0 Å². The van der Waals surface area contributed by atoms with E-state index in [1.165, 1.54) is 25.7 Å². The van der Waals surface area contributed by atoms with E-state index in [9.17, 15) is 0 Å². The number of rotatable bonds is 0. The molecule has 0 aliphatic heterocycles. The molecule has 0 aliphatic rings. The van der Waals surface area contributed by atoms with Gasteiger partial charge in [0.05, 0.1) is 0 Å². The monoisotopic (exact) mass is 210 g/mol. The summed E-state index contributed by atoms with van der Waals surface area (Å²) in [5.74, 6) is 0. The first-order valence-electron chi connectivity index (χ1n) is 5.66. The molecule has 0 aliphatic carbocycles. The van der Waals surface area contributed by atoms with E-state index < -0.39 is 0 Å². The van der Waals surface area contributed by atoms with Crippen molar-refractivity contribution in [3.05, 3.63) is 0 Å². The van der Waals surface area contributed by atoms with E-state index in [0.717, 1.165) is 0 Å². The van der Waals surface area contributed by atoms with Crippen molar-refractivity contribution in [3.63, 3.8) is 0 Å². The van der Waals surface area contributed by atoms with Crippen LogP contribution in [-0.4, -0.2) is 0 Å². The van der Waals surface area contributed by atoms with Gasteiger partial charge in [0, 0.05) is 0 Å². The molecule has 0 saturated carbocycles. The summed E-state index contributed by atoms with van der Waals surface area (Å²) in [4.78, 5) is 0. The Kier molecular flexibility index (Phi) is 186. The second-order valence-corrected chi connectivity index (χ2v) is 2.83. The fourth-order valence-electron chi connectivity index (χ4n) is 0. The van der Waals surface area contributed by atoms with Crippen LogP contribution in [0, 0.1) is 0 Å². The summed E-state index contributed by atoms with van der Waals surface area (Å²) < 4.78 is 0. The number of hydrogen-bond donors (Lipinski definition) is 0. The molecular weight excluding hydrogens is 175 g/mol. The summed E-state index contributed by atoms with van der Waals surface area (Å²) in [6.45, 7) is 17.0.